The van der Waals surface area contributed by atoms with E-state index in [1.807, 2.05) is 12.5 Å². The Kier molecular flexibility index (Phi) is 5.27. The number of carbonyl (C=O) groups excluding carboxylic acids is 1. The van der Waals surface area contributed by atoms with Crippen LogP contribution in [0, 0.1) is 0 Å². The van der Waals surface area contributed by atoms with Crippen LogP contribution >= 0.6 is 23.5 Å². The van der Waals surface area contributed by atoms with Crippen molar-refractivity contribution in [1.29, 1.82) is 0 Å². The molecule has 1 aromatic heterocycles. The molecule has 0 aliphatic rings. The average molecular weight is 257 g/mol. The molecule has 0 aliphatic heterocycles. The Labute approximate surface area is 102 Å². The van der Waals surface area contributed by atoms with Crippen molar-refractivity contribution >= 4 is 41.4 Å². The Morgan fingerprint density at radius 2 is 1.94 bits per heavy atom. The number of nitrogens with zero attached hydrogens (tertiary/aromatic N) is 3. The minimum absolute atomic E-state index is 0.497. The van der Waals surface area contributed by atoms with E-state index in [0.717, 1.165) is 16.3 Å². The maximum absolute atomic E-state index is 11.0. The maximum Gasteiger partial charge on any atom is 0.349 e. The third kappa shape index (κ3) is 3.21. The van der Waals surface area contributed by atoms with Gasteiger partial charge in [-0.05, 0) is 12.5 Å². The lowest BCUT2D eigenvalue weighted by atomic mass is 10.5. The molecule has 0 N–H and O–H groups in total. The highest BCUT2D eigenvalue weighted by atomic mass is 32.2. The number of thioether (sulfide) groups is 2. The molecular weight excluding hydrogens is 246 g/mol. The van der Waals surface area contributed by atoms with E-state index in [9.17, 15) is 4.79 Å². The smallest absolute Gasteiger partial charge is 0.349 e. The van der Waals surface area contributed by atoms with E-state index in [-0.39, 0.29) is 0 Å². The largest absolute Gasteiger partial charge is 0.465 e. The molecule has 0 unspecified atom stereocenters. The van der Waals surface area contributed by atoms with E-state index in [4.69, 9.17) is 0 Å². The minimum Gasteiger partial charge on any atom is -0.465 e. The summed E-state index contributed by atoms with van der Waals surface area (Å²) in [7, 11) is 1.31. The molecule has 0 atom stereocenters. The molecule has 0 saturated carbocycles. The van der Waals surface area contributed by atoms with E-state index in [0.29, 0.717) is 5.69 Å². The lowest BCUT2D eigenvalue weighted by molar-refractivity contribution is -0.132. The summed E-state index contributed by atoms with van der Waals surface area (Å²) in [6, 6.07) is 0. The molecule has 0 saturated heterocycles. The van der Waals surface area contributed by atoms with Gasteiger partial charge in [-0.1, -0.05) is 0 Å². The van der Waals surface area contributed by atoms with Crippen LogP contribution in [-0.2, 0) is 9.53 Å². The van der Waals surface area contributed by atoms with Crippen LogP contribution in [0.4, 0.5) is 5.69 Å². The van der Waals surface area contributed by atoms with Crippen LogP contribution in [0.5, 0.6) is 0 Å². The van der Waals surface area contributed by atoms with Gasteiger partial charge in [-0.15, -0.1) is 23.5 Å². The summed E-state index contributed by atoms with van der Waals surface area (Å²) in [6.45, 7) is 0. The molecule has 5 nitrogen and oxygen atoms in total. The fraction of sp³-hybridized carbons (Fsp3) is 0.333. The van der Waals surface area contributed by atoms with Crippen molar-refractivity contribution < 1.29 is 9.53 Å². The molecule has 0 bridgehead atoms. The zero-order valence-electron chi connectivity index (χ0n) is 9.13. The summed E-state index contributed by atoms with van der Waals surface area (Å²) in [6.07, 6.45) is 6.39. The summed E-state index contributed by atoms with van der Waals surface area (Å²) in [4.78, 5) is 23.2. The normalized spacial score (nSPS) is 10.7. The van der Waals surface area contributed by atoms with E-state index in [1.54, 1.807) is 0 Å². The second-order valence-electron chi connectivity index (χ2n) is 2.52. The van der Waals surface area contributed by atoms with Crippen molar-refractivity contribution in [2.24, 2.45) is 4.99 Å². The number of aromatic nitrogens is 2. The van der Waals surface area contributed by atoms with Crippen molar-refractivity contribution in [3.8, 4) is 0 Å². The van der Waals surface area contributed by atoms with Crippen LogP contribution in [0.2, 0.25) is 0 Å². The number of methoxy groups -OCH3 is 1. The van der Waals surface area contributed by atoms with Gasteiger partial charge < -0.3 is 4.74 Å². The minimum atomic E-state index is -0.497. The summed E-state index contributed by atoms with van der Waals surface area (Å²) in [5.41, 5.74) is 0.605. The lowest BCUT2D eigenvalue weighted by Gasteiger charge is -2.04. The Morgan fingerprint density at radius 1 is 1.38 bits per heavy atom. The monoisotopic (exact) mass is 257 g/mol. The number of carbonyl (C=O) groups is 1. The fourth-order valence-electron chi connectivity index (χ4n) is 0.927. The Morgan fingerprint density at radius 3 is 2.38 bits per heavy atom. The quantitative estimate of drug-likeness (QED) is 0.355. The van der Waals surface area contributed by atoms with Gasteiger partial charge in [-0.25, -0.2) is 19.8 Å². The lowest BCUT2D eigenvalue weighted by Crippen LogP contribution is -2.00. The summed E-state index contributed by atoms with van der Waals surface area (Å²) in [5, 5.41) is 1.47. The highest BCUT2D eigenvalue weighted by molar-refractivity contribution is 7.99. The predicted molar refractivity (Wildman–Crippen MR) is 65.8 cm³/mol. The third-order valence-corrected chi connectivity index (χ3v) is 3.01. The van der Waals surface area contributed by atoms with E-state index < -0.39 is 5.97 Å². The van der Waals surface area contributed by atoms with Crippen LogP contribution in [0.25, 0.3) is 0 Å². The second-order valence-corrected chi connectivity index (χ2v) is 4.11. The van der Waals surface area contributed by atoms with Crippen molar-refractivity contribution in [3.63, 3.8) is 0 Å². The average Bonchev–Trinajstić information content (AvgIpc) is 2.35. The zero-order valence-corrected chi connectivity index (χ0v) is 10.8. The van der Waals surface area contributed by atoms with Crippen LogP contribution in [0.15, 0.2) is 21.4 Å². The first-order valence-corrected chi connectivity index (χ1v) is 6.72. The molecule has 7 heteroatoms. The van der Waals surface area contributed by atoms with Crippen LogP contribution in [0.1, 0.15) is 0 Å². The number of hydrogen-bond acceptors (Lipinski definition) is 7. The van der Waals surface area contributed by atoms with E-state index >= 15 is 0 Å². The SMILES string of the molecule is COC(=O)C=Nc1c(SC)ncnc1SC. The van der Waals surface area contributed by atoms with Crippen LogP contribution in [-0.4, -0.2) is 41.8 Å². The molecule has 1 rings (SSSR count). The van der Waals surface area contributed by atoms with E-state index in [1.165, 1.54) is 37.0 Å². The Balaban J connectivity index is 3.08. The summed E-state index contributed by atoms with van der Waals surface area (Å²) < 4.78 is 4.48. The predicted octanol–water partition coefficient (Wildman–Crippen LogP) is 1.80. The molecule has 0 radical (unpaired) electrons. The first-order chi connectivity index (χ1) is 7.72. The van der Waals surface area contributed by atoms with Gasteiger partial charge in [0.15, 0.2) is 0 Å². The van der Waals surface area contributed by atoms with Gasteiger partial charge in [0.1, 0.15) is 28.3 Å². The summed E-state index contributed by atoms with van der Waals surface area (Å²) in [5.74, 6) is -0.497. The molecular formula is C9H11N3O2S2. The number of aliphatic imine (C=N–C) groups is 1. The van der Waals surface area contributed by atoms with Crippen LogP contribution in [0.3, 0.4) is 0 Å². The number of esters is 1. The van der Waals surface area contributed by atoms with E-state index in [2.05, 4.69) is 19.7 Å². The second kappa shape index (κ2) is 6.49. The molecule has 0 amide bonds. The molecule has 16 heavy (non-hydrogen) atoms. The Hall–Kier alpha value is -1.08. The highest BCUT2D eigenvalue weighted by Gasteiger charge is 2.09. The third-order valence-electron chi connectivity index (χ3n) is 1.64. The molecule has 0 spiro atoms. The van der Waals surface area contributed by atoms with Gasteiger partial charge >= 0.3 is 5.97 Å². The zero-order chi connectivity index (χ0) is 12.0. The van der Waals surface area contributed by atoms with Crippen molar-refractivity contribution in [1.82, 2.24) is 9.97 Å². The fourth-order valence-corrected chi connectivity index (χ4v) is 1.98. The van der Waals surface area contributed by atoms with Crippen molar-refractivity contribution in [3.05, 3.63) is 6.33 Å². The molecule has 0 fully saturated rings. The number of rotatable bonds is 4. The molecule has 0 aliphatic carbocycles. The Bertz CT molecular complexity index is 387. The first-order valence-electron chi connectivity index (χ1n) is 4.28. The topological polar surface area (TPSA) is 64.4 Å². The van der Waals surface area contributed by atoms with Crippen molar-refractivity contribution in [2.75, 3.05) is 19.6 Å². The standard InChI is InChI=1S/C9H11N3O2S2/c1-14-6(13)4-10-7-8(15-2)11-5-12-9(7)16-3/h4-5H,1-3H3. The molecule has 1 aromatic rings. The maximum atomic E-state index is 11.0. The summed E-state index contributed by atoms with van der Waals surface area (Å²) >= 11 is 2.91. The van der Waals surface area contributed by atoms with Gasteiger partial charge in [0, 0.05) is 0 Å². The molecule has 0 aromatic carbocycles. The molecule has 1 heterocycles. The van der Waals surface area contributed by atoms with Gasteiger partial charge in [-0.3, -0.25) is 0 Å². The molecule has 86 valence electrons. The number of ether oxygens (including phenoxy) is 1. The van der Waals surface area contributed by atoms with Gasteiger partial charge in [0.05, 0.1) is 7.11 Å². The van der Waals surface area contributed by atoms with Gasteiger partial charge in [0.2, 0.25) is 0 Å². The first kappa shape index (κ1) is 13.0. The van der Waals surface area contributed by atoms with Gasteiger partial charge in [-0.2, -0.15) is 0 Å². The van der Waals surface area contributed by atoms with Gasteiger partial charge in [0.25, 0.3) is 0 Å². The highest BCUT2D eigenvalue weighted by Crippen LogP contribution is 2.32. The van der Waals surface area contributed by atoms with Crippen LogP contribution < -0.4 is 0 Å². The van der Waals surface area contributed by atoms with Crippen molar-refractivity contribution in [2.45, 2.75) is 10.1 Å². The number of hydrogen-bond donors (Lipinski definition) is 0.